The van der Waals surface area contributed by atoms with E-state index in [-0.39, 0.29) is 43.2 Å². The van der Waals surface area contributed by atoms with Crippen molar-refractivity contribution in [1.82, 2.24) is 10.2 Å². The maximum absolute atomic E-state index is 14.3. The van der Waals surface area contributed by atoms with Gasteiger partial charge in [0, 0.05) is 37.2 Å². The Morgan fingerprint density at radius 3 is 2.25 bits per heavy atom. The molecule has 11 heteroatoms. The summed E-state index contributed by atoms with van der Waals surface area (Å²) in [5.74, 6) is -3.71. The Labute approximate surface area is 210 Å². The quantitative estimate of drug-likeness (QED) is 0.452. The highest BCUT2D eigenvalue weighted by atomic mass is 32.2. The van der Waals surface area contributed by atoms with Gasteiger partial charge in [0.25, 0.3) is 0 Å². The van der Waals surface area contributed by atoms with Gasteiger partial charge in [-0.05, 0) is 44.9 Å². The summed E-state index contributed by atoms with van der Waals surface area (Å²) in [6, 6.07) is 7.60. The molecule has 0 radical (unpaired) electrons. The second-order valence-corrected chi connectivity index (χ2v) is 10.6. The van der Waals surface area contributed by atoms with Gasteiger partial charge in [-0.3, -0.25) is 13.9 Å². The highest BCUT2D eigenvalue weighted by Gasteiger charge is 2.28. The van der Waals surface area contributed by atoms with Crippen molar-refractivity contribution in [3.05, 3.63) is 65.5 Å². The van der Waals surface area contributed by atoms with Crippen LogP contribution in [0.4, 0.5) is 18.9 Å². The molecule has 0 saturated carbocycles. The molecule has 1 N–H and O–H groups in total. The molecular formula is C25H32F3N3O4S. The molecule has 2 amide bonds. The van der Waals surface area contributed by atoms with Gasteiger partial charge in [-0.2, -0.15) is 0 Å². The molecule has 2 rings (SSSR count). The third-order valence-electron chi connectivity index (χ3n) is 5.81. The molecule has 198 valence electrons. The summed E-state index contributed by atoms with van der Waals surface area (Å²) in [6.07, 6.45) is 1.47. The van der Waals surface area contributed by atoms with E-state index in [1.165, 1.54) is 23.1 Å². The lowest BCUT2D eigenvalue weighted by molar-refractivity contribution is -0.141. The topological polar surface area (TPSA) is 86.8 Å². The van der Waals surface area contributed by atoms with Gasteiger partial charge in [0.05, 0.1) is 11.9 Å². The summed E-state index contributed by atoms with van der Waals surface area (Å²) < 4.78 is 66.7. The van der Waals surface area contributed by atoms with Gasteiger partial charge in [-0.1, -0.05) is 25.1 Å². The van der Waals surface area contributed by atoms with Crippen LogP contribution in [0.3, 0.4) is 0 Å². The normalized spacial score (nSPS) is 13.1. The van der Waals surface area contributed by atoms with Crippen molar-refractivity contribution in [1.29, 1.82) is 0 Å². The summed E-state index contributed by atoms with van der Waals surface area (Å²) in [4.78, 5) is 27.2. The number of halogens is 3. The summed E-state index contributed by atoms with van der Waals surface area (Å²) >= 11 is 0. The number of carbonyl (C=O) groups is 2. The van der Waals surface area contributed by atoms with E-state index in [0.717, 1.165) is 28.8 Å². The summed E-state index contributed by atoms with van der Waals surface area (Å²) in [7, 11) is -3.86. The van der Waals surface area contributed by atoms with Crippen LogP contribution in [0.5, 0.6) is 0 Å². The summed E-state index contributed by atoms with van der Waals surface area (Å²) in [5, 5.41) is 2.81. The van der Waals surface area contributed by atoms with Crippen LogP contribution < -0.4 is 9.62 Å². The second kappa shape index (κ2) is 12.8. The molecule has 0 heterocycles. The number of amides is 2. The number of nitrogens with zero attached hydrogens (tertiary/aromatic N) is 2. The highest BCUT2D eigenvalue weighted by molar-refractivity contribution is 7.92. The van der Waals surface area contributed by atoms with Gasteiger partial charge in [-0.15, -0.1) is 0 Å². The number of nitrogens with one attached hydrogen (secondary N) is 1. The van der Waals surface area contributed by atoms with Crippen LogP contribution in [-0.4, -0.2) is 50.0 Å². The van der Waals surface area contributed by atoms with Gasteiger partial charge >= 0.3 is 0 Å². The van der Waals surface area contributed by atoms with E-state index in [2.05, 4.69) is 5.32 Å². The van der Waals surface area contributed by atoms with E-state index in [1.54, 1.807) is 13.0 Å². The van der Waals surface area contributed by atoms with E-state index in [9.17, 15) is 31.2 Å². The molecular weight excluding hydrogens is 495 g/mol. The molecule has 0 saturated heterocycles. The van der Waals surface area contributed by atoms with Crippen molar-refractivity contribution in [2.24, 2.45) is 0 Å². The third kappa shape index (κ3) is 7.97. The van der Waals surface area contributed by atoms with Crippen molar-refractivity contribution in [3.8, 4) is 0 Å². The average molecular weight is 528 g/mol. The number of hydrogen-bond donors (Lipinski definition) is 1. The lowest BCUT2D eigenvalue weighted by Crippen LogP contribution is -2.49. The zero-order valence-electron chi connectivity index (χ0n) is 20.8. The van der Waals surface area contributed by atoms with E-state index < -0.39 is 45.3 Å². The molecule has 2 unspecified atom stereocenters. The standard InChI is InChI=1S/C25H32F3N3O4S/c1-5-17(2)29-25(33)18(3)30(16-19-9-6-7-10-21(19)26)24(32)11-8-14-31(36(4,34)35)20-12-13-22(27)23(28)15-20/h6-7,9-10,12-13,15,17-18H,5,8,11,14,16H2,1-4H3,(H,29,33). The Hall–Kier alpha value is -3.08. The van der Waals surface area contributed by atoms with Crippen molar-refractivity contribution in [2.45, 2.75) is 58.7 Å². The van der Waals surface area contributed by atoms with Crippen LogP contribution in [0.2, 0.25) is 0 Å². The monoisotopic (exact) mass is 527 g/mol. The number of rotatable bonds is 12. The molecule has 36 heavy (non-hydrogen) atoms. The second-order valence-electron chi connectivity index (χ2n) is 8.64. The number of benzene rings is 2. The average Bonchev–Trinajstić information content (AvgIpc) is 2.81. The number of carbonyl (C=O) groups excluding carboxylic acids is 2. The fourth-order valence-electron chi connectivity index (χ4n) is 3.50. The molecule has 0 fully saturated rings. The van der Waals surface area contributed by atoms with Gasteiger partial charge in [0.15, 0.2) is 11.6 Å². The highest BCUT2D eigenvalue weighted by Crippen LogP contribution is 2.22. The molecule has 2 aromatic rings. The Bertz CT molecular complexity index is 1180. The Balaban J connectivity index is 2.20. The summed E-state index contributed by atoms with van der Waals surface area (Å²) in [5.41, 5.74) is 0.155. The Kier molecular flexibility index (Phi) is 10.3. The zero-order chi connectivity index (χ0) is 27.0. The van der Waals surface area contributed by atoms with Gasteiger partial charge in [-0.25, -0.2) is 21.6 Å². The molecule has 0 aliphatic rings. The van der Waals surface area contributed by atoms with Gasteiger partial charge < -0.3 is 10.2 Å². The lowest BCUT2D eigenvalue weighted by atomic mass is 10.1. The van der Waals surface area contributed by atoms with Crippen LogP contribution in [0.25, 0.3) is 0 Å². The smallest absolute Gasteiger partial charge is 0.242 e. The fraction of sp³-hybridized carbons (Fsp3) is 0.440. The predicted octanol–water partition coefficient (Wildman–Crippen LogP) is 3.98. The van der Waals surface area contributed by atoms with Gasteiger partial charge in [0.1, 0.15) is 11.9 Å². The molecule has 0 aliphatic carbocycles. The molecule has 7 nitrogen and oxygen atoms in total. The van der Waals surface area contributed by atoms with E-state index in [4.69, 9.17) is 0 Å². The molecule has 0 spiro atoms. The first-order valence-corrected chi connectivity index (χ1v) is 13.5. The molecule has 2 aromatic carbocycles. The van der Waals surface area contributed by atoms with E-state index in [0.29, 0.717) is 6.42 Å². The minimum atomic E-state index is -3.86. The third-order valence-corrected chi connectivity index (χ3v) is 7.00. The largest absolute Gasteiger partial charge is 0.352 e. The van der Waals surface area contributed by atoms with E-state index in [1.807, 2.05) is 13.8 Å². The summed E-state index contributed by atoms with van der Waals surface area (Å²) in [6.45, 7) is 4.93. The Morgan fingerprint density at radius 1 is 1.00 bits per heavy atom. The number of sulfonamides is 1. The molecule has 0 aromatic heterocycles. The Morgan fingerprint density at radius 2 is 1.67 bits per heavy atom. The van der Waals surface area contributed by atoms with Crippen molar-refractivity contribution < 1.29 is 31.2 Å². The lowest BCUT2D eigenvalue weighted by Gasteiger charge is -2.30. The first-order chi connectivity index (χ1) is 16.8. The predicted molar refractivity (Wildman–Crippen MR) is 132 cm³/mol. The first-order valence-electron chi connectivity index (χ1n) is 11.6. The maximum atomic E-state index is 14.3. The van der Waals surface area contributed by atoms with Crippen LogP contribution >= 0.6 is 0 Å². The van der Waals surface area contributed by atoms with Crippen LogP contribution in [0.15, 0.2) is 42.5 Å². The molecule has 0 bridgehead atoms. The minimum absolute atomic E-state index is 0.0262. The number of hydrogen-bond acceptors (Lipinski definition) is 4. The fourth-order valence-corrected chi connectivity index (χ4v) is 4.46. The van der Waals surface area contributed by atoms with Crippen molar-refractivity contribution >= 4 is 27.5 Å². The van der Waals surface area contributed by atoms with Crippen molar-refractivity contribution in [3.63, 3.8) is 0 Å². The van der Waals surface area contributed by atoms with Crippen LogP contribution in [-0.2, 0) is 26.2 Å². The SMILES string of the molecule is CCC(C)NC(=O)C(C)N(Cc1ccccc1F)C(=O)CCCN(c1ccc(F)c(F)c1)S(C)(=O)=O. The number of anilines is 1. The van der Waals surface area contributed by atoms with Gasteiger partial charge in [0.2, 0.25) is 21.8 Å². The maximum Gasteiger partial charge on any atom is 0.242 e. The molecule has 2 atom stereocenters. The zero-order valence-corrected chi connectivity index (χ0v) is 21.6. The van der Waals surface area contributed by atoms with Crippen LogP contribution in [0.1, 0.15) is 45.6 Å². The molecule has 0 aliphatic heterocycles. The van der Waals surface area contributed by atoms with Crippen LogP contribution in [0, 0.1) is 17.5 Å². The van der Waals surface area contributed by atoms with Crippen molar-refractivity contribution in [2.75, 3.05) is 17.1 Å². The first kappa shape index (κ1) is 29.2. The van der Waals surface area contributed by atoms with E-state index >= 15 is 0 Å². The minimum Gasteiger partial charge on any atom is -0.352 e.